The second-order valence-corrected chi connectivity index (χ2v) is 8.68. The third-order valence-electron chi connectivity index (χ3n) is 6.70. The Labute approximate surface area is 209 Å². The van der Waals surface area contributed by atoms with Crippen LogP contribution in [0.2, 0.25) is 0 Å². The second kappa shape index (κ2) is 9.91. The summed E-state index contributed by atoms with van der Waals surface area (Å²) in [7, 11) is 6.41. The van der Waals surface area contributed by atoms with Gasteiger partial charge in [0.2, 0.25) is 0 Å². The molecule has 0 bridgehead atoms. The van der Waals surface area contributed by atoms with Crippen molar-refractivity contribution < 1.29 is 18.9 Å². The Morgan fingerprint density at radius 1 is 0.889 bits per heavy atom. The standard InChI is InChI=1S/C28H29N3O5/c1-33-22-12-18-10-11-31(27(17-8-6-5-7-9-17)19(18)13-23(22)34-2)16-26-29-21-15-25(36-4)24(35-3)14-20(21)28(32)30-26/h5-9,12-15,27H,10-11,16H2,1-4H3,(H,29,30,32). The minimum Gasteiger partial charge on any atom is -0.493 e. The molecule has 4 aromatic rings. The fourth-order valence-electron chi connectivity index (χ4n) is 4.98. The summed E-state index contributed by atoms with van der Waals surface area (Å²) < 4.78 is 21.9. The first-order chi connectivity index (χ1) is 17.6. The van der Waals surface area contributed by atoms with Gasteiger partial charge in [-0.1, -0.05) is 30.3 Å². The van der Waals surface area contributed by atoms with Gasteiger partial charge in [-0.2, -0.15) is 0 Å². The molecular formula is C28H29N3O5. The lowest BCUT2D eigenvalue weighted by atomic mass is 9.87. The van der Waals surface area contributed by atoms with E-state index in [1.165, 1.54) is 5.56 Å². The van der Waals surface area contributed by atoms with Crippen LogP contribution in [0.3, 0.4) is 0 Å². The molecule has 0 saturated heterocycles. The molecule has 36 heavy (non-hydrogen) atoms. The van der Waals surface area contributed by atoms with E-state index in [4.69, 9.17) is 23.9 Å². The SMILES string of the molecule is COc1cc2c(cc1OC)C(c1ccccc1)N(Cc1nc3cc(OC)c(OC)cc3c(=O)[nH]1)CC2. The fraction of sp³-hybridized carbons (Fsp3) is 0.286. The van der Waals surface area contributed by atoms with E-state index >= 15 is 0 Å². The fourth-order valence-corrected chi connectivity index (χ4v) is 4.98. The zero-order valence-electron chi connectivity index (χ0n) is 20.8. The van der Waals surface area contributed by atoms with Crippen LogP contribution in [0.5, 0.6) is 23.0 Å². The van der Waals surface area contributed by atoms with Crippen molar-refractivity contribution in [3.8, 4) is 23.0 Å². The smallest absolute Gasteiger partial charge is 0.258 e. The maximum atomic E-state index is 13.0. The molecule has 1 N–H and O–H groups in total. The zero-order valence-corrected chi connectivity index (χ0v) is 20.8. The van der Waals surface area contributed by atoms with Gasteiger partial charge in [0.1, 0.15) is 5.82 Å². The largest absolute Gasteiger partial charge is 0.493 e. The van der Waals surface area contributed by atoms with E-state index in [9.17, 15) is 4.79 Å². The van der Waals surface area contributed by atoms with Crippen LogP contribution in [-0.2, 0) is 13.0 Å². The Hall–Kier alpha value is -4.04. The van der Waals surface area contributed by atoms with Crippen molar-refractivity contribution in [3.05, 3.63) is 87.5 Å². The van der Waals surface area contributed by atoms with E-state index in [1.807, 2.05) is 18.2 Å². The van der Waals surface area contributed by atoms with Crippen molar-refractivity contribution in [1.82, 2.24) is 14.9 Å². The lowest BCUT2D eigenvalue weighted by Gasteiger charge is -2.38. The number of hydrogen-bond acceptors (Lipinski definition) is 7. The van der Waals surface area contributed by atoms with E-state index < -0.39 is 0 Å². The Balaban J connectivity index is 1.58. The number of ether oxygens (including phenoxy) is 4. The van der Waals surface area contributed by atoms with Gasteiger partial charge >= 0.3 is 0 Å². The first kappa shape index (κ1) is 23.7. The van der Waals surface area contributed by atoms with E-state index in [2.05, 4.69) is 34.1 Å². The highest BCUT2D eigenvalue weighted by Crippen LogP contribution is 2.41. The lowest BCUT2D eigenvalue weighted by molar-refractivity contribution is 0.198. The van der Waals surface area contributed by atoms with Crippen LogP contribution in [0.25, 0.3) is 10.9 Å². The van der Waals surface area contributed by atoms with Crippen molar-refractivity contribution in [2.45, 2.75) is 19.0 Å². The number of aromatic nitrogens is 2. The summed E-state index contributed by atoms with van der Waals surface area (Å²) in [6, 6.07) is 17.8. The van der Waals surface area contributed by atoms with Crippen molar-refractivity contribution >= 4 is 10.9 Å². The van der Waals surface area contributed by atoms with Gasteiger partial charge in [-0.25, -0.2) is 4.98 Å². The topological polar surface area (TPSA) is 85.9 Å². The van der Waals surface area contributed by atoms with Crippen LogP contribution in [0.4, 0.5) is 0 Å². The van der Waals surface area contributed by atoms with E-state index in [0.717, 1.165) is 29.8 Å². The third kappa shape index (κ3) is 4.24. The molecule has 3 aromatic carbocycles. The number of methoxy groups -OCH3 is 4. The van der Waals surface area contributed by atoms with Gasteiger partial charge in [-0.3, -0.25) is 9.69 Å². The highest BCUT2D eigenvalue weighted by Gasteiger charge is 2.31. The Kier molecular flexibility index (Phi) is 6.52. The Morgan fingerprint density at radius 3 is 2.22 bits per heavy atom. The van der Waals surface area contributed by atoms with Crippen LogP contribution in [-0.4, -0.2) is 49.9 Å². The van der Waals surface area contributed by atoms with Gasteiger partial charge in [0.25, 0.3) is 5.56 Å². The minimum absolute atomic E-state index is 0.0406. The predicted octanol–water partition coefficient (Wildman–Crippen LogP) is 4.11. The van der Waals surface area contributed by atoms with Gasteiger partial charge in [0.05, 0.1) is 51.9 Å². The first-order valence-electron chi connectivity index (χ1n) is 11.7. The van der Waals surface area contributed by atoms with Crippen LogP contribution >= 0.6 is 0 Å². The van der Waals surface area contributed by atoms with Gasteiger partial charge < -0.3 is 23.9 Å². The summed E-state index contributed by atoms with van der Waals surface area (Å²) in [6.07, 6.45) is 0.835. The number of H-pyrrole nitrogens is 1. The first-order valence-corrected chi connectivity index (χ1v) is 11.7. The molecule has 0 radical (unpaired) electrons. The number of rotatable bonds is 7. The molecule has 0 aliphatic carbocycles. The number of aromatic amines is 1. The molecular weight excluding hydrogens is 458 g/mol. The average molecular weight is 488 g/mol. The van der Waals surface area contributed by atoms with Crippen LogP contribution in [0.1, 0.15) is 28.6 Å². The van der Waals surface area contributed by atoms with Crippen molar-refractivity contribution in [2.24, 2.45) is 0 Å². The average Bonchev–Trinajstić information content (AvgIpc) is 2.91. The van der Waals surface area contributed by atoms with E-state index in [0.29, 0.717) is 40.5 Å². The summed E-state index contributed by atoms with van der Waals surface area (Å²) in [5.41, 5.74) is 3.87. The third-order valence-corrected chi connectivity index (χ3v) is 6.70. The summed E-state index contributed by atoms with van der Waals surface area (Å²) in [6.45, 7) is 1.25. The molecule has 1 aromatic heterocycles. The number of benzene rings is 3. The normalized spacial score (nSPS) is 15.4. The molecule has 8 nitrogen and oxygen atoms in total. The van der Waals surface area contributed by atoms with E-state index in [1.54, 1.807) is 40.6 Å². The number of hydrogen-bond donors (Lipinski definition) is 1. The number of nitrogens with zero attached hydrogens (tertiary/aromatic N) is 2. The highest BCUT2D eigenvalue weighted by molar-refractivity contribution is 5.81. The maximum absolute atomic E-state index is 13.0. The second-order valence-electron chi connectivity index (χ2n) is 8.68. The quantitative estimate of drug-likeness (QED) is 0.420. The molecule has 1 aliphatic rings. The van der Waals surface area contributed by atoms with Gasteiger partial charge in [-0.15, -0.1) is 0 Å². The molecule has 2 heterocycles. The molecule has 0 amide bonds. The molecule has 0 fully saturated rings. The maximum Gasteiger partial charge on any atom is 0.258 e. The van der Waals surface area contributed by atoms with Gasteiger partial charge in [-0.05, 0) is 41.3 Å². The summed E-state index contributed by atoms with van der Waals surface area (Å²) in [5.74, 6) is 3.03. The molecule has 1 unspecified atom stereocenters. The molecule has 0 spiro atoms. The molecule has 5 rings (SSSR count). The van der Waals surface area contributed by atoms with Crippen LogP contribution in [0.15, 0.2) is 59.4 Å². The minimum atomic E-state index is -0.212. The summed E-state index contributed by atoms with van der Waals surface area (Å²) in [4.78, 5) is 23.1. The van der Waals surface area contributed by atoms with Crippen molar-refractivity contribution in [1.29, 1.82) is 0 Å². The number of fused-ring (bicyclic) bond motifs is 2. The Morgan fingerprint density at radius 2 is 1.53 bits per heavy atom. The molecule has 186 valence electrons. The van der Waals surface area contributed by atoms with Crippen LogP contribution in [0, 0.1) is 0 Å². The Bertz CT molecular complexity index is 1450. The summed E-state index contributed by atoms with van der Waals surface area (Å²) in [5, 5.41) is 0.455. The molecule has 0 saturated carbocycles. The van der Waals surface area contributed by atoms with Gasteiger partial charge in [0.15, 0.2) is 23.0 Å². The van der Waals surface area contributed by atoms with Crippen molar-refractivity contribution in [3.63, 3.8) is 0 Å². The predicted molar refractivity (Wildman–Crippen MR) is 137 cm³/mol. The lowest BCUT2D eigenvalue weighted by Crippen LogP contribution is -2.36. The van der Waals surface area contributed by atoms with Crippen LogP contribution < -0.4 is 24.5 Å². The van der Waals surface area contributed by atoms with E-state index in [-0.39, 0.29) is 11.6 Å². The van der Waals surface area contributed by atoms with Gasteiger partial charge in [0, 0.05) is 12.6 Å². The monoisotopic (exact) mass is 487 g/mol. The molecule has 8 heteroatoms. The molecule has 1 aliphatic heterocycles. The summed E-state index contributed by atoms with van der Waals surface area (Å²) >= 11 is 0. The van der Waals surface area contributed by atoms with Crippen molar-refractivity contribution in [2.75, 3.05) is 35.0 Å². The number of nitrogens with one attached hydrogen (secondary N) is 1. The molecule has 1 atom stereocenters. The highest BCUT2D eigenvalue weighted by atomic mass is 16.5. The zero-order chi connectivity index (χ0) is 25.2.